The first-order chi connectivity index (χ1) is 13.4. The Morgan fingerprint density at radius 3 is 2.54 bits per heavy atom. The van der Waals surface area contributed by atoms with E-state index in [1.807, 2.05) is 33.0 Å². The number of benzene rings is 2. The second kappa shape index (κ2) is 8.27. The minimum Gasteiger partial charge on any atom is -0.497 e. The number of hydrogen-bond acceptors (Lipinski definition) is 4. The molecule has 3 rings (SSSR count). The summed E-state index contributed by atoms with van der Waals surface area (Å²) in [6, 6.07) is 12.7. The fourth-order valence-electron chi connectivity index (χ4n) is 3.21. The molecule has 0 spiro atoms. The van der Waals surface area contributed by atoms with Crippen LogP contribution in [0.2, 0.25) is 0 Å². The van der Waals surface area contributed by atoms with Gasteiger partial charge in [0.15, 0.2) is 6.54 Å². The topological polar surface area (TPSA) is 73.0 Å². The molecular weight excluding hydrogens is 356 g/mol. The van der Waals surface area contributed by atoms with Gasteiger partial charge in [0.1, 0.15) is 17.9 Å². The van der Waals surface area contributed by atoms with E-state index in [9.17, 15) is 9.59 Å². The van der Waals surface area contributed by atoms with Crippen molar-refractivity contribution in [3.8, 4) is 5.75 Å². The molecule has 1 atom stereocenters. The van der Waals surface area contributed by atoms with Crippen molar-refractivity contribution in [1.29, 1.82) is 0 Å². The molecule has 0 saturated carbocycles. The molecule has 28 heavy (non-hydrogen) atoms. The molecule has 1 unspecified atom stereocenters. The highest BCUT2D eigenvalue weighted by atomic mass is 16.5. The molecule has 6 heteroatoms. The highest BCUT2D eigenvalue weighted by molar-refractivity contribution is 5.91. The van der Waals surface area contributed by atoms with Gasteiger partial charge >= 0.3 is 5.63 Å². The Balaban J connectivity index is 1.72. The average molecular weight is 381 g/mol. The smallest absolute Gasteiger partial charge is 0.336 e. The quantitative estimate of drug-likeness (QED) is 0.641. The van der Waals surface area contributed by atoms with Crippen LogP contribution in [0.4, 0.5) is 5.69 Å². The summed E-state index contributed by atoms with van der Waals surface area (Å²) < 4.78 is 10.5. The largest absolute Gasteiger partial charge is 0.497 e. The summed E-state index contributed by atoms with van der Waals surface area (Å²) in [4.78, 5) is 25.3. The number of ether oxygens (including phenoxy) is 1. The molecule has 0 radical (unpaired) electrons. The lowest BCUT2D eigenvalue weighted by molar-refractivity contribution is -0.885. The van der Waals surface area contributed by atoms with E-state index in [-0.39, 0.29) is 18.1 Å². The van der Waals surface area contributed by atoms with Crippen molar-refractivity contribution in [2.75, 3.05) is 26.0 Å². The van der Waals surface area contributed by atoms with Crippen LogP contribution in [0.1, 0.15) is 16.7 Å². The number of nitrogens with one attached hydrogen (secondary N) is 2. The number of likely N-dealkylation sites (N-methyl/N-ethyl adjacent to an activating group) is 1. The maximum absolute atomic E-state index is 12.4. The second-order valence-electron chi connectivity index (χ2n) is 7.06. The Kier molecular flexibility index (Phi) is 5.80. The number of carbonyl (C=O) groups is 1. The number of rotatable bonds is 6. The number of hydrogen-bond donors (Lipinski definition) is 2. The first-order valence-corrected chi connectivity index (χ1v) is 9.15. The molecular formula is C22H25N2O4+. The van der Waals surface area contributed by atoms with E-state index in [4.69, 9.17) is 9.15 Å². The molecule has 0 aliphatic rings. The van der Waals surface area contributed by atoms with Crippen LogP contribution in [0.15, 0.2) is 51.7 Å². The van der Waals surface area contributed by atoms with Crippen LogP contribution in [0.25, 0.3) is 11.0 Å². The summed E-state index contributed by atoms with van der Waals surface area (Å²) in [5.41, 5.74) is 3.89. The second-order valence-corrected chi connectivity index (χ2v) is 7.06. The van der Waals surface area contributed by atoms with Gasteiger partial charge in [-0.3, -0.25) is 4.79 Å². The number of amides is 1. The highest BCUT2D eigenvalue weighted by Crippen LogP contribution is 2.22. The van der Waals surface area contributed by atoms with Crippen LogP contribution < -0.4 is 20.6 Å². The number of methoxy groups -OCH3 is 1. The zero-order valence-corrected chi connectivity index (χ0v) is 16.6. The summed E-state index contributed by atoms with van der Waals surface area (Å²) in [6.45, 7) is 4.75. The number of quaternary nitrogens is 1. The Morgan fingerprint density at radius 1 is 1.14 bits per heavy atom. The zero-order valence-electron chi connectivity index (χ0n) is 16.6. The first kappa shape index (κ1) is 19.6. The molecule has 1 heterocycles. The van der Waals surface area contributed by atoms with Crippen molar-refractivity contribution in [3.05, 3.63) is 69.6 Å². The summed E-state index contributed by atoms with van der Waals surface area (Å²) in [7, 11) is 3.53. The summed E-state index contributed by atoms with van der Waals surface area (Å²) in [6.07, 6.45) is 0. The molecule has 2 N–H and O–H groups in total. The fraction of sp³-hybridized carbons (Fsp3) is 0.273. The molecule has 146 valence electrons. The van der Waals surface area contributed by atoms with Crippen molar-refractivity contribution in [1.82, 2.24) is 0 Å². The summed E-state index contributed by atoms with van der Waals surface area (Å²) >= 11 is 0. The normalized spacial score (nSPS) is 12.0. The zero-order chi connectivity index (χ0) is 20.3. The number of aryl methyl sites for hydroxylation is 2. The van der Waals surface area contributed by atoms with Gasteiger partial charge in [0.2, 0.25) is 0 Å². The molecule has 6 nitrogen and oxygen atoms in total. The molecule has 3 aromatic rings. The van der Waals surface area contributed by atoms with Crippen LogP contribution in [0.5, 0.6) is 5.75 Å². The lowest BCUT2D eigenvalue weighted by Crippen LogP contribution is -3.08. The van der Waals surface area contributed by atoms with Crippen LogP contribution >= 0.6 is 0 Å². The van der Waals surface area contributed by atoms with Gasteiger partial charge in [0, 0.05) is 22.7 Å². The predicted octanol–water partition coefficient (Wildman–Crippen LogP) is 2.07. The van der Waals surface area contributed by atoms with E-state index in [0.717, 1.165) is 38.4 Å². The lowest BCUT2D eigenvalue weighted by atomic mass is 10.0. The van der Waals surface area contributed by atoms with Crippen molar-refractivity contribution in [2.24, 2.45) is 0 Å². The van der Waals surface area contributed by atoms with Gasteiger partial charge in [-0.05, 0) is 49.2 Å². The molecule has 0 fully saturated rings. The molecule has 0 saturated heterocycles. The number of fused-ring (bicyclic) bond motifs is 1. The Hall–Kier alpha value is -3.12. The molecule has 2 aromatic carbocycles. The van der Waals surface area contributed by atoms with Gasteiger partial charge in [-0.25, -0.2) is 4.79 Å². The Bertz CT molecular complexity index is 1050. The third-order valence-corrected chi connectivity index (χ3v) is 4.85. The van der Waals surface area contributed by atoms with E-state index in [0.29, 0.717) is 12.1 Å². The van der Waals surface area contributed by atoms with Crippen LogP contribution in [0, 0.1) is 13.8 Å². The van der Waals surface area contributed by atoms with Crippen molar-refractivity contribution >= 4 is 22.6 Å². The maximum Gasteiger partial charge on any atom is 0.336 e. The van der Waals surface area contributed by atoms with Crippen LogP contribution in [-0.2, 0) is 11.3 Å². The average Bonchev–Trinajstić information content (AvgIpc) is 2.65. The van der Waals surface area contributed by atoms with Gasteiger partial charge in [-0.2, -0.15) is 0 Å². The van der Waals surface area contributed by atoms with E-state index in [1.165, 1.54) is 6.07 Å². The fourth-order valence-corrected chi connectivity index (χ4v) is 3.21. The third-order valence-electron chi connectivity index (χ3n) is 4.85. The predicted molar refractivity (Wildman–Crippen MR) is 109 cm³/mol. The van der Waals surface area contributed by atoms with Gasteiger partial charge in [-0.15, -0.1) is 0 Å². The maximum atomic E-state index is 12.4. The van der Waals surface area contributed by atoms with Crippen molar-refractivity contribution in [3.63, 3.8) is 0 Å². The Morgan fingerprint density at radius 2 is 1.86 bits per heavy atom. The van der Waals surface area contributed by atoms with Gasteiger partial charge in [-0.1, -0.05) is 12.1 Å². The van der Waals surface area contributed by atoms with E-state index >= 15 is 0 Å². The molecule has 1 amide bonds. The van der Waals surface area contributed by atoms with E-state index in [1.54, 1.807) is 31.4 Å². The highest BCUT2D eigenvalue weighted by Gasteiger charge is 2.15. The molecule has 0 aliphatic carbocycles. The van der Waals surface area contributed by atoms with Gasteiger partial charge in [0.05, 0.1) is 14.2 Å². The Labute approximate surface area is 163 Å². The van der Waals surface area contributed by atoms with Crippen molar-refractivity contribution in [2.45, 2.75) is 20.4 Å². The number of carbonyl (C=O) groups excluding carboxylic acids is 1. The van der Waals surface area contributed by atoms with E-state index < -0.39 is 0 Å². The van der Waals surface area contributed by atoms with Gasteiger partial charge in [0.25, 0.3) is 5.91 Å². The molecule has 0 aliphatic heterocycles. The SMILES string of the molecule is COc1ccc(NC(=O)C[NH+](C)Cc2cc(=O)oc3c(C)c(C)ccc23)cc1. The molecule has 1 aromatic heterocycles. The van der Waals surface area contributed by atoms with Crippen LogP contribution in [0.3, 0.4) is 0 Å². The van der Waals surface area contributed by atoms with E-state index in [2.05, 4.69) is 5.32 Å². The first-order valence-electron chi connectivity index (χ1n) is 9.15. The van der Waals surface area contributed by atoms with Crippen molar-refractivity contribution < 1.29 is 18.8 Å². The lowest BCUT2D eigenvalue weighted by Gasteiger charge is -2.15. The minimum absolute atomic E-state index is 0.0954. The third kappa shape index (κ3) is 4.40. The minimum atomic E-state index is -0.369. The molecule has 0 bridgehead atoms. The summed E-state index contributed by atoms with van der Waals surface area (Å²) in [5, 5.41) is 3.79. The monoisotopic (exact) mass is 381 g/mol. The van der Waals surface area contributed by atoms with Gasteiger partial charge < -0.3 is 19.4 Å². The summed E-state index contributed by atoms with van der Waals surface area (Å²) in [5.74, 6) is 0.642. The number of anilines is 1. The van der Waals surface area contributed by atoms with Crippen LogP contribution in [-0.4, -0.2) is 26.6 Å². The standard InChI is InChI=1S/C22H24N2O4/c1-14-5-10-19-16(11-21(26)28-22(19)15(14)2)12-24(3)13-20(25)23-17-6-8-18(27-4)9-7-17/h5-11H,12-13H2,1-4H3,(H,23,25)/p+1.